The molecule has 0 aromatic carbocycles. The Bertz CT molecular complexity index is 110. The maximum atomic E-state index is 10.1. The molecule has 0 aliphatic carbocycles. The first kappa shape index (κ1) is 8.93. The van der Waals surface area contributed by atoms with Gasteiger partial charge < -0.3 is 4.89 Å². The zero-order chi connectivity index (χ0) is 7.11. The maximum Gasteiger partial charge on any atom is 0.210 e. The zero-order valence-electron chi connectivity index (χ0n) is 5.63. The lowest BCUT2D eigenvalue weighted by atomic mass is 10.2. The van der Waals surface area contributed by atoms with Crippen LogP contribution >= 0.6 is 8.03 Å². The van der Waals surface area contributed by atoms with Gasteiger partial charge in [-0.05, 0) is 12.2 Å². The summed E-state index contributed by atoms with van der Waals surface area (Å²) in [7, 11) is -2.35. The van der Waals surface area contributed by atoms with Crippen LogP contribution in [-0.2, 0) is 4.57 Å². The summed E-state index contributed by atoms with van der Waals surface area (Å²) in [5.41, 5.74) is 0. The minimum absolute atomic E-state index is 0.924. The van der Waals surface area contributed by atoms with Crippen molar-refractivity contribution in [1.29, 1.82) is 0 Å². The van der Waals surface area contributed by atoms with Gasteiger partial charge in [0.2, 0.25) is 8.03 Å². The van der Waals surface area contributed by atoms with Crippen molar-refractivity contribution in [2.24, 2.45) is 0 Å². The van der Waals surface area contributed by atoms with Crippen molar-refractivity contribution in [2.45, 2.75) is 26.2 Å². The van der Waals surface area contributed by atoms with Crippen LogP contribution in [0.25, 0.3) is 0 Å². The third kappa shape index (κ3) is 7.93. The van der Waals surface area contributed by atoms with Gasteiger partial charge in [-0.3, -0.25) is 4.57 Å². The molecule has 0 saturated heterocycles. The van der Waals surface area contributed by atoms with E-state index in [-0.39, 0.29) is 0 Å². The normalized spacial score (nSPS) is 14.4. The monoisotopic (exact) mass is 148 g/mol. The first-order chi connectivity index (χ1) is 4.27. The third-order valence-electron chi connectivity index (χ3n) is 0.985. The molecule has 0 aliphatic heterocycles. The van der Waals surface area contributed by atoms with Crippen molar-refractivity contribution in [1.82, 2.24) is 0 Å². The Labute approximate surface area is 56.5 Å². The molecule has 0 rings (SSSR count). The van der Waals surface area contributed by atoms with E-state index >= 15 is 0 Å². The molecule has 0 heterocycles. The van der Waals surface area contributed by atoms with Crippen molar-refractivity contribution in [3.8, 4) is 0 Å². The molecule has 3 heteroatoms. The second kappa shape index (κ2) is 6.06. The first-order valence-electron chi connectivity index (χ1n) is 3.17. The zero-order valence-corrected chi connectivity index (χ0v) is 6.63. The van der Waals surface area contributed by atoms with E-state index in [1.165, 1.54) is 5.82 Å². The highest BCUT2D eigenvalue weighted by molar-refractivity contribution is 7.41. The van der Waals surface area contributed by atoms with Crippen molar-refractivity contribution in [3.05, 3.63) is 11.9 Å². The van der Waals surface area contributed by atoms with E-state index in [1.54, 1.807) is 6.08 Å². The maximum absolute atomic E-state index is 10.1. The Kier molecular flexibility index (Phi) is 6.01. The summed E-state index contributed by atoms with van der Waals surface area (Å²) in [6.45, 7) is 2.09. The van der Waals surface area contributed by atoms with Crippen LogP contribution in [0, 0.1) is 0 Å². The minimum atomic E-state index is -2.35. The Morgan fingerprint density at radius 1 is 1.67 bits per heavy atom. The van der Waals surface area contributed by atoms with E-state index in [0.717, 1.165) is 19.3 Å². The number of rotatable bonds is 4. The number of unbranched alkanes of at least 4 members (excludes halogenated alkanes) is 2. The molecule has 0 spiro atoms. The molecule has 2 nitrogen and oxygen atoms in total. The lowest BCUT2D eigenvalue weighted by Crippen LogP contribution is -1.64. The largest absolute Gasteiger partial charge is 0.344 e. The molecule has 1 atom stereocenters. The van der Waals surface area contributed by atoms with Gasteiger partial charge in [-0.2, -0.15) is 0 Å². The van der Waals surface area contributed by atoms with Gasteiger partial charge in [0.15, 0.2) is 0 Å². The number of hydrogen-bond acceptors (Lipinski definition) is 1. The summed E-state index contributed by atoms with van der Waals surface area (Å²) < 4.78 is 10.1. The lowest BCUT2D eigenvalue weighted by Gasteiger charge is -1.85. The van der Waals surface area contributed by atoms with Crippen LogP contribution < -0.4 is 0 Å². The van der Waals surface area contributed by atoms with E-state index in [1.807, 2.05) is 0 Å². The number of allylic oxidation sites excluding steroid dienone is 1. The Balaban J connectivity index is 3.15. The van der Waals surface area contributed by atoms with Crippen molar-refractivity contribution in [2.75, 3.05) is 0 Å². The first-order valence-corrected chi connectivity index (χ1v) is 4.60. The molecule has 0 aromatic heterocycles. The molecule has 0 bridgehead atoms. The molecular weight excluding hydrogens is 135 g/mol. The summed E-state index contributed by atoms with van der Waals surface area (Å²) >= 11 is 0. The van der Waals surface area contributed by atoms with Gasteiger partial charge in [-0.25, -0.2) is 0 Å². The van der Waals surface area contributed by atoms with E-state index in [0.29, 0.717) is 0 Å². The van der Waals surface area contributed by atoms with Crippen LogP contribution in [0.4, 0.5) is 0 Å². The van der Waals surface area contributed by atoms with Crippen LogP contribution in [0.2, 0.25) is 0 Å². The molecule has 1 unspecified atom stereocenters. The molecule has 0 aliphatic rings. The lowest BCUT2D eigenvalue weighted by molar-refractivity contribution is 0.512. The predicted octanol–water partition coefficient (Wildman–Crippen LogP) is 2.16. The fraction of sp³-hybridized carbons (Fsp3) is 0.667. The summed E-state index contributed by atoms with van der Waals surface area (Å²) in [6.07, 6.45) is 4.93. The average molecular weight is 148 g/mol. The fourth-order valence-corrected chi connectivity index (χ4v) is 0.874. The molecule has 0 fully saturated rings. The Morgan fingerprint density at radius 2 is 2.33 bits per heavy atom. The molecule has 0 amide bonds. The van der Waals surface area contributed by atoms with E-state index in [4.69, 9.17) is 4.89 Å². The highest BCUT2D eigenvalue weighted by Crippen LogP contribution is 2.14. The smallest absolute Gasteiger partial charge is 0.210 e. The van der Waals surface area contributed by atoms with Crippen LogP contribution in [0.3, 0.4) is 0 Å². The Morgan fingerprint density at radius 3 is 2.78 bits per heavy atom. The molecule has 1 N–H and O–H groups in total. The summed E-state index contributed by atoms with van der Waals surface area (Å²) in [5, 5.41) is 0. The van der Waals surface area contributed by atoms with Gasteiger partial charge in [-0.1, -0.05) is 25.8 Å². The van der Waals surface area contributed by atoms with Gasteiger partial charge in [0.25, 0.3) is 0 Å². The van der Waals surface area contributed by atoms with Crippen LogP contribution in [0.1, 0.15) is 26.2 Å². The summed E-state index contributed by atoms with van der Waals surface area (Å²) in [5.74, 6) is 1.38. The molecule has 9 heavy (non-hydrogen) atoms. The van der Waals surface area contributed by atoms with E-state index in [9.17, 15) is 4.57 Å². The topological polar surface area (TPSA) is 37.3 Å². The van der Waals surface area contributed by atoms with Gasteiger partial charge in [0.1, 0.15) is 0 Å². The van der Waals surface area contributed by atoms with Gasteiger partial charge in [-0.15, -0.1) is 0 Å². The van der Waals surface area contributed by atoms with Gasteiger partial charge in [0, 0.05) is 0 Å². The molecular formula is C6H13O2P. The van der Waals surface area contributed by atoms with Crippen LogP contribution in [0.15, 0.2) is 11.9 Å². The Hall–Kier alpha value is -0.0700. The van der Waals surface area contributed by atoms with Crippen molar-refractivity contribution < 1.29 is 9.46 Å². The standard InChI is InChI=1S/C6H13O2P/c1-2-3-4-5-6-9(7)8/h5-6,9H,2-4H2,1H3,(H,7,8). The second-order valence-corrected chi connectivity index (χ2v) is 2.89. The molecule has 0 radical (unpaired) electrons. The van der Waals surface area contributed by atoms with Crippen LogP contribution in [-0.4, -0.2) is 4.89 Å². The van der Waals surface area contributed by atoms with Crippen molar-refractivity contribution in [3.63, 3.8) is 0 Å². The van der Waals surface area contributed by atoms with Gasteiger partial charge >= 0.3 is 0 Å². The fourth-order valence-electron chi connectivity index (χ4n) is 0.506. The van der Waals surface area contributed by atoms with Crippen LogP contribution in [0.5, 0.6) is 0 Å². The quantitative estimate of drug-likeness (QED) is 0.490. The van der Waals surface area contributed by atoms with Gasteiger partial charge in [0.05, 0.1) is 0 Å². The SMILES string of the molecule is CCCCC=C[PH](=O)O. The van der Waals surface area contributed by atoms with E-state index in [2.05, 4.69) is 6.92 Å². The highest BCUT2D eigenvalue weighted by atomic mass is 31.1. The van der Waals surface area contributed by atoms with Crippen molar-refractivity contribution >= 4 is 8.03 Å². The van der Waals surface area contributed by atoms with E-state index < -0.39 is 8.03 Å². The summed E-state index contributed by atoms with van der Waals surface area (Å²) in [4.78, 5) is 8.31. The molecule has 0 aromatic rings. The third-order valence-corrected chi connectivity index (χ3v) is 1.51. The highest BCUT2D eigenvalue weighted by Gasteiger charge is 1.80. The molecule has 54 valence electrons. The predicted molar refractivity (Wildman–Crippen MR) is 39.9 cm³/mol. The second-order valence-electron chi connectivity index (χ2n) is 1.88. The molecule has 0 saturated carbocycles. The number of hydrogen-bond donors (Lipinski definition) is 1. The summed E-state index contributed by atoms with van der Waals surface area (Å²) in [6, 6.07) is 0. The minimum Gasteiger partial charge on any atom is -0.344 e. The average Bonchev–Trinajstić information content (AvgIpc) is 1.80.